The highest BCUT2D eigenvalue weighted by atomic mass is 15.1. The number of hydrogen-bond donors (Lipinski definition) is 0. The van der Waals surface area contributed by atoms with Crippen LogP contribution in [0, 0.1) is 11.3 Å². The van der Waals surface area contributed by atoms with Crippen LogP contribution in [0.1, 0.15) is 32.3 Å². The molecule has 0 unspecified atom stereocenters. The summed E-state index contributed by atoms with van der Waals surface area (Å²) in [4.78, 5) is 2.35. The van der Waals surface area contributed by atoms with Crippen molar-refractivity contribution < 1.29 is 0 Å². The molecule has 0 amide bonds. The van der Waals surface area contributed by atoms with Crippen molar-refractivity contribution in [2.24, 2.45) is 0 Å². The lowest BCUT2D eigenvalue weighted by Crippen LogP contribution is -2.21. The summed E-state index contributed by atoms with van der Waals surface area (Å²) in [6.07, 6.45) is 6.06. The lowest BCUT2D eigenvalue weighted by atomic mass is 9.92. The highest BCUT2D eigenvalue weighted by Gasteiger charge is 2.11. The first kappa shape index (κ1) is 15.4. The minimum Gasteiger partial charge on any atom is -0.372 e. The predicted octanol–water partition coefficient (Wildman–Crippen LogP) is 5.31. The van der Waals surface area contributed by atoms with E-state index in [0.29, 0.717) is 0 Å². The fourth-order valence-corrected chi connectivity index (χ4v) is 3.24. The number of rotatable bonds is 4. The van der Waals surface area contributed by atoms with Gasteiger partial charge < -0.3 is 4.90 Å². The van der Waals surface area contributed by atoms with Gasteiger partial charge in [-0.3, -0.25) is 0 Å². The Morgan fingerprint density at radius 2 is 1.78 bits per heavy atom. The van der Waals surface area contributed by atoms with Crippen molar-refractivity contribution in [3.05, 3.63) is 59.7 Å². The minimum atomic E-state index is 0.848. The first-order valence-electron chi connectivity index (χ1n) is 8.35. The molecular formula is C21H22N2. The summed E-state index contributed by atoms with van der Waals surface area (Å²) >= 11 is 0. The number of allylic oxidation sites excluding steroid dienone is 4. The molecule has 2 heteroatoms. The molecular weight excluding hydrogens is 280 g/mol. The van der Waals surface area contributed by atoms with Crippen molar-refractivity contribution in [1.29, 1.82) is 5.26 Å². The first-order valence-corrected chi connectivity index (χ1v) is 8.35. The maximum Gasteiger partial charge on any atom is 0.0953 e. The van der Waals surface area contributed by atoms with Gasteiger partial charge >= 0.3 is 0 Å². The number of nitriles is 1. The Morgan fingerprint density at radius 1 is 1.04 bits per heavy atom. The van der Waals surface area contributed by atoms with Gasteiger partial charge in [-0.05, 0) is 66.8 Å². The third-order valence-electron chi connectivity index (χ3n) is 4.57. The van der Waals surface area contributed by atoms with Gasteiger partial charge in [0.2, 0.25) is 0 Å². The highest BCUT2D eigenvalue weighted by molar-refractivity contribution is 5.91. The Kier molecular flexibility index (Phi) is 4.48. The quantitative estimate of drug-likeness (QED) is 0.765. The molecule has 0 spiro atoms. The second-order valence-corrected chi connectivity index (χ2v) is 5.86. The zero-order valence-electron chi connectivity index (χ0n) is 13.8. The summed E-state index contributed by atoms with van der Waals surface area (Å²) in [5.74, 6) is 0. The van der Waals surface area contributed by atoms with E-state index in [1.807, 2.05) is 0 Å². The molecule has 0 fully saturated rings. The average molecular weight is 302 g/mol. The molecule has 1 aliphatic carbocycles. The Morgan fingerprint density at radius 3 is 2.52 bits per heavy atom. The highest BCUT2D eigenvalue weighted by Crippen LogP contribution is 2.30. The van der Waals surface area contributed by atoms with E-state index in [0.717, 1.165) is 42.6 Å². The molecule has 0 heterocycles. The van der Waals surface area contributed by atoms with E-state index in [4.69, 9.17) is 0 Å². The fourth-order valence-electron chi connectivity index (χ4n) is 3.24. The zero-order chi connectivity index (χ0) is 16.2. The smallest absolute Gasteiger partial charge is 0.0953 e. The van der Waals surface area contributed by atoms with Crippen LogP contribution in [-0.2, 0) is 0 Å². The maximum absolute atomic E-state index is 9.34. The molecule has 0 aliphatic heterocycles. The third-order valence-corrected chi connectivity index (χ3v) is 4.57. The molecule has 0 saturated carbocycles. The molecule has 116 valence electrons. The largest absolute Gasteiger partial charge is 0.372 e. The van der Waals surface area contributed by atoms with Crippen molar-refractivity contribution in [2.45, 2.75) is 26.7 Å². The van der Waals surface area contributed by atoms with Crippen molar-refractivity contribution in [1.82, 2.24) is 0 Å². The van der Waals surface area contributed by atoms with Crippen LogP contribution < -0.4 is 4.90 Å². The molecule has 23 heavy (non-hydrogen) atoms. The normalized spacial score (nSPS) is 14.1. The minimum absolute atomic E-state index is 0.848. The van der Waals surface area contributed by atoms with E-state index in [9.17, 15) is 5.26 Å². The van der Waals surface area contributed by atoms with Gasteiger partial charge in [-0.2, -0.15) is 5.26 Å². The second kappa shape index (κ2) is 6.71. The summed E-state index contributed by atoms with van der Waals surface area (Å²) in [6.45, 7) is 6.40. The number of nitrogens with zero attached hydrogens (tertiary/aromatic N) is 2. The van der Waals surface area contributed by atoms with Crippen molar-refractivity contribution in [2.75, 3.05) is 18.0 Å². The summed E-state index contributed by atoms with van der Waals surface area (Å²) in [5.41, 5.74) is 4.38. The van der Waals surface area contributed by atoms with Gasteiger partial charge in [-0.15, -0.1) is 0 Å². The van der Waals surface area contributed by atoms with Crippen molar-refractivity contribution >= 4 is 22.0 Å². The average Bonchev–Trinajstić information content (AvgIpc) is 2.62. The number of anilines is 1. The van der Waals surface area contributed by atoms with Crippen LogP contribution in [0.25, 0.3) is 16.3 Å². The third kappa shape index (κ3) is 3.00. The molecule has 0 aromatic heterocycles. The van der Waals surface area contributed by atoms with E-state index >= 15 is 0 Å². The van der Waals surface area contributed by atoms with E-state index in [1.165, 1.54) is 16.5 Å². The van der Waals surface area contributed by atoms with Crippen LogP contribution in [0.5, 0.6) is 0 Å². The van der Waals surface area contributed by atoms with Crippen LogP contribution in [0.2, 0.25) is 0 Å². The summed E-state index contributed by atoms with van der Waals surface area (Å²) in [6, 6.07) is 15.5. The molecule has 0 bridgehead atoms. The Hall–Kier alpha value is -2.53. The lowest BCUT2D eigenvalue weighted by molar-refractivity contribution is 0.867. The Bertz CT molecular complexity index is 817. The van der Waals surface area contributed by atoms with Gasteiger partial charge in [-0.1, -0.05) is 30.4 Å². The standard InChI is InChI=1S/C21H22N2/c1-3-23(4-2)20-12-11-16-13-18(10-9-17(16)14-20)21-8-6-5-7-19(21)15-22/h6,8-14H,3-5,7H2,1-2H3. The maximum atomic E-state index is 9.34. The van der Waals surface area contributed by atoms with Gasteiger partial charge in [0.25, 0.3) is 0 Å². The van der Waals surface area contributed by atoms with Crippen LogP contribution >= 0.6 is 0 Å². The number of fused-ring (bicyclic) bond motifs is 1. The van der Waals surface area contributed by atoms with Crippen LogP contribution in [-0.4, -0.2) is 13.1 Å². The molecule has 2 aromatic carbocycles. The lowest BCUT2D eigenvalue weighted by Gasteiger charge is -2.21. The second-order valence-electron chi connectivity index (χ2n) is 5.86. The van der Waals surface area contributed by atoms with Gasteiger partial charge in [0.05, 0.1) is 6.07 Å². The van der Waals surface area contributed by atoms with Gasteiger partial charge in [0.15, 0.2) is 0 Å². The number of benzene rings is 2. The summed E-state index contributed by atoms with van der Waals surface area (Å²) in [5, 5.41) is 11.8. The predicted molar refractivity (Wildman–Crippen MR) is 98.4 cm³/mol. The Balaban J connectivity index is 2.04. The van der Waals surface area contributed by atoms with Gasteiger partial charge in [0.1, 0.15) is 0 Å². The molecule has 0 atom stereocenters. The molecule has 0 saturated heterocycles. The van der Waals surface area contributed by atoms with Crippen LogP contribution in [0.15, 0.2) is 54.1 Å². The van der Waals surface area contributed by atoms with E-state index in [2.05, 4.69) is 73.4 Å². The summed E-state index contributed by atoms with van der Waals surface area (Å²) in [7, 11) is 0. The molecule has 0 N–H and O–H groups in total. The van der Waals surface area contributed by atoms with Crippen LogP contribution in [0.4, 0.5) is 5.69 Å². The van der Waals surface area contributed by atoms with Gasteiger partial charge in [-0.25, -0.2) is 0 Å². The first-order chi connectivity index (χ1) is 11.3. The molecule has 3 rings (SSSR count). The SMILES string of the molecule is CCN(CC)c1ccc2cc(C3=C(C#N)CCC=C3)ccc2c1. The fraction of sp³-hybridized carbons (Fsp3) is 0.286. The van der Waals surface area contributed by atoms with E-state index in [-0.39, 0.29) is 0 Å². The van der Waals surface area contributed by atoms with Gasteiger partial charge in [0, 0.05) is 24.4 Å². The monoisotopic (exact) mass is 302 g/mol. The van der Waals surface area contributed by atoms with E-state index < -0.39 is 0 Å². The van der Waals surface area contributed by atoms with Crippen LogP contribution in [0.3, 0.4) is 0 Å². The topological polar surface area (TPSA) is 27.0 Å². The number of hydrogen-bond acceptors (Lipinski definition) is 2. The Labute approximate surface area is 138 Å². The molecule has 2 nitrogen and oxygen atoms in total. The molecule has 2 aromatic rings. The van der Waals surface area contributed by atoms with E-state index in [1.54, 1.807) is 0 Å². The summed E-state index contributed by atoms with van der Waals surface area (Å²) < 4.78 is 0. The van der Waals surface area contributed by atoms with Crippen molar-refractivity contribution in [3.63, 3.8) is 0 Å². The molecule has 0 radical (unpaired) electrons. The molecule has 1 aliphatic rings. The zero-order valence-corrected chi connectivity index (χ0v) is 13.8. The van der Waals surface area contributed by atoms with Crippen molar-refractivity contribution in [3.8, 4) is 6.07 Å².